The lowest BCUT2D eigenvalue weighted by Crippen LogP contribution is -2.09. The molecule has 0 saturated heterocycles. The normalized spacial score (nSPS) is 10.7. The van der Waals surface area contributed by atoms with Gasteiger partial charge in [0.1, 0.15) is 0 Å². The highest BCUT2D eigenvalue weighted by Gasteiger charge is 2.14. The van der Waals surface area contributed by atoms with Gasteiger partial charge in [-0.3, -0.25) is 9.97 Å². The fourth-order valence-electron chi connectivity index (χ4n) is 5.48. The first-order valence-electron chi connectivity index (χ1n) is 14.6. The summed E-state index contributed by atoms with van der Waals surface area (Å²) >= 11 is 0. The van der Waals surface area contributed by atoms with Crippen LogP contribution in [0.3, 0.4) is 0 Å². The lowest BCUT2D eigenvalue weighted by Gasteiger charge is -2.25. The summed E-state index contributed by atoms with van der Waals surface area (Å²) in [7, 11) is 0. The highest BCUT2D eigenvalue weighted by Crippen LogP contribution is 2.37. The van der Waals surface area contributed by atoms with Crippen LogP contribution in [0.5, 0.6) is 0 Å². The van der Waals surface area contributed by atoms with E-state index in [9.17, 15) is 0 Å². The third kappa shape index (κ3) is 5.69. The maximum absolute atomic E-state index is 4.35. The summed E-state index contributed by atoms with van der Waals surface area (Å²) in [5, 5.41) is 0. The van der Waals surface area contributed by atoms with E-state index in [-0.39, 0.29) is 0 Å². The van der Waals surface area contributed by atoms with E-state index in [1.54, 1.807) is 12.4 Å². The first-order valence-corrected chi connectivity index (χ1v) is 14.6. The van der Waals surface area contributed by atoms with Crippen molar-refractivity contribution in [2.24, 2.45) is 0 Å². The molecule has 4 nitrogen and oxygen atoms in total. The molecule has 0 saturated carbocycles. The van der Waals surface area contributed by atoms with E-state index in [1.807, 2.05) is 36.7 Å². The fraction of sp³-hybridized carbons (Fsp3) is 0. The number of benzene rings is 5. The van der Waals surface area contributed by atoms with Crippen LogP contribution in [0.4, 0.5) is 34.1 Å². The number of aromatic nitrogens is 2. The summed E-state index contributed by atoms with van der Waals surface area (Å²) in [4.78, 5) is 13.1. The molecule has 0 fully saturated rings. The Balaban J connectivity index is 1.12. The topological polar surface area (TPSA) is 32.3 Å². The molecule has 0 bridgehead atoms. The molecule has 0 radical (unpaired) electrons. The molecule has 210 valence electrons. The monoisotopic (exact) mass is 566 g/mol. The number of rotatable bonds is 8. The van der Waals surface area contributed by atoms with Crippen molar-refractivity contribution in [1.29, 1.82) is 0 Å². The summed E-state index contributed by atoms with van der Waals surface area (Å²) < 4.78 is 0. The molecule has 2 aromatic heterocycles. The molecule has 0 atom stereocenters. The van der Waals surface area contributed by atoms with E-state index in [0.29, 0.717) is 0 Å². The van der Waals surface area contributed by atoms with E-state index in [4.69, 9.17) is 0 Å². The molecule has 0 aliphatic heterocycles. The largest absolute Gasteiger partial charge is 0.309 e. The van der Waals surface area contributed by atoms with E-state index < -0.39 is 0 Å². The van der Waals surface area contributed by atoms with Crippen LogP contribution >= 0.6 is 0 Å². The van der Waals surface area contributed by atoms with Crippen LogP contribution in [0.25, 0.3) is 22.3 Å². The number of hydrogen-bond acceptors (Lipinski definition) is 4. The Bertz CT molecular complexity index is 1680. The van der Waals surface area contributed by atoms with Crippen molar-refractivity contribution in [1.82, 2.24) is 9.97 Å². The SMILES string of the molecule is c1ccc(N(c2ccc(-c3ccc(-c4ccc(N(c5ccccc5)c5cccnc5)cc4)cc3)cc2)c2cccnc2)cc1. The minimum Gasteiger partial charge on any atom is -0.309 e. The van der Waals surface area contributed by atoms with Gasteiger partial charge in [0, 0.05) is 35.1 Å². The summed E-state index contributed by atoms with van der Waals surface area (Å²) in [6, 6.07) is 55.0. The van der Waals surface area contributed by atoms with Gasteiger partial charge in [-0.05, 0) is 95.1 Å². The molecule has 0 aliphatic carbocycles. The average Bonchev–Trinajstić information content (AvgIpc) is 3.11. The first-order chi connectivity index (χ1) is 21.8. The molecule has 0 amide bonds. The van der Waals surface area contributed by atoms with Gasteiger partial charge in [-0.15, -0.1) is 0 Å². The Labute approximate surface area is 258 Å². The van der Waals surface area contributed by atoms with Gasteiger partial charge < -0.3 is 9.80 Å². The molecule has 2 heterocycles. The van der Waals surface area contributed by atoms with Crippen LogP contribution in [0, 0.1) is 0 Å². The van der Waals surface area contributed by atoms with Crippen LogP contribution in [0.1, 0.15) is 0 Å². The van der Waals surface area contributed by atoms with Crippen molar-refractivity contribution >= 4 is 34.1 Å². The van der Waals surface area contributed by atoms with Crippen molar-refractivity contribution in [2.75, 3.05) is 9.80 Å². The molecular formula is C40H30N4. The molecule has 7 rings (SSSR count). The van der Waals surface area contributed by atoms with Gasteiger partial charge in [0.15, 0.2) is 0 Å². The zero-order valence-electron chi connectivity index (χ0n) is 24.1. The summed E-state index contributed by atoms with van der Waals surface area (Å²) in [5.74, 6) is 0. The minimum atomic E-state index is 1.02. The zero-order valence-corrected chi connectivity index (χ0v) is 24.1. The Morgan fingerprint density at radius 2 is 0.568 bits per heavy atom. The maximum atomic E-state index is 4.35. The van der Waals surface area contributed by atoms with Crippen LogP contribution in [0.2, 0.25) is 0 Å². The predicted octanol–water partition coefficient (Wildman–Crippen LogP) is 10.8. The van der Waals surface area contributed by atoms with E-state index in [0.717, 1.165) is 34.1 Å². The fourth-order valence-corrected chi connectivity index (χ4v) is 5.48. The number of hydrogen-bond donors (Lipinski definition) is 0. The quantitative estimate of drug-likeness (QED) is 0.183. The molecule has 0 aliphatic rings. The van der Waals surface area contributed by atoms with E-state index in [2.05, 4.69) is 153 Å². The summed E-state index contributed by atoms with van der Waals surface area (Å²) in [6.45, 7) is 0. The number of anilines is 6. The molecule has 0 N–H and O–H groups in total. The highest BCUT2D eigenvalue weighted by atomic mass is 15.2. The molecular weight excluding hydrogens is 536 g/mol. The van der Waals surface area contributed by atoms with Gasteiger partial charge in [0.25, 0.3) is 0 Å². The molecule has 4 heteroatoms. The second-order valence-electron chi connectivity index (χ2n) is 10.4. The van der Waals surface area contributed by atoms with Crippen molar-refractivity contribution in [3.63, 3.8) is 0 Å². The van der Waals surface area contributed by atoms with Gasteiger partial charge in [-0.1, -0.05) is 84.9 Å². The summed E-state index contributed by atoms with van der Waals surface area (Å²) in [6.07, 6.45) is 7.39. The van der Waals surface area contributed by atoms with Crippen LogP contribution in [0.15, 0.2) is 183 Å². The second kappa shape index (κ2) is 12.5. The predicted molar refractivity (Wildman–Crippen MR) is 182 cm³/mol. The lowest BCUT2D eigenvalue weighted by atomic mass is 9.99. The van der Waals surface area contributed by atoms with Crippen molar-refractivity contribution in [3.05, 3.63) is 183 Å². The Kier molecular flexibility index (Phi) is 7.62. The van der Waals surface area contributed by atoms with Crippen molar-refractivity contribution in [3.8, 4) is 22.3 Å². The molecule has 0 spiro atoms. The lowest BCUT2D eigenvalue weighted by molar-refractivity contribution is 1.23. The van der Waals surface area contributed by atoms with Gasteiger partial charge in [0.05, 0.1) is 23.8 Å². The number of para-hydroxylation sites is 2. The Morgan fingerprint density at radius 1 is 0.273 bits per heavy atom. The minimum absolute atomic E-state index is 1.02. The van der Waals surface area contributed by atoms with Gasteiger partial charge in [0.2, 0.25) is 0 Å². The van der Waals surface area contributed by atoms with Crippen LogP contribution in [-0.2, 0) is 0 Å². The van der Waals surface area contributed by atoms with Gasteiger partial charge in [-0.25, -0.2) is 0 Å². The number of pyridine rings is 2. The second-order valence-corrected chi connectivity index (χ2v) is 10.4. The smallest absolute Gasteiger partial charge is 0.0644 e. The van der Waals surface area contributed by atoms with Crippen LogP contribution < -0.4 is 9.80 Å². The zero-order chi connectivity index (χ0) is 29.6. The third-order valence-electron chi connectivity index (χ3n) is 7.64. The van der Waals surface area contributed by atoms with Crippen molar-refractivity contribution < 1.29 is 0 Å². The first kappa shape index (κ1) is 26.9. The standard InChI is InChI=1S/C40H30N4/c1-3-9-35(10-4-1)43(39-13-7-27-41-29-39)37-23-19-33(20-24-37)31-15-17-32(18-16-31)34-21-25-38(26-22-34)44(36-11-5-2-6-12-36)40-14-8-28-42-30-40/h1-30H. The van der Waals surface area contributed by atoms with Crippen molar-refractivity contribution in [2.45, 2.75) is 0 Å². The average molecular weight is 567 g/mol. The Hall–Kier alpha value is -6.00. The van der Waals surface area contributed by atoms with Crippen LogP contribution in [-0.4, -0.2) is 9.97 Å². The third-order valence-corrected chi connectivity index (χ3v) is 7.64. The Morgan fingerprint density at radius 3 is 0.886 bits per heavy atom. The van der Waals surface area contributed by atoms with Gasteiger partial charge in [-0.2, -0.15) is 0 Å². The number of nitrogens with zero attached hydrogens (tertiary/aromatic N) is 4. The summed E-state index contributed by atoms with van der Waals surface area (Å²) in [5.41, 5.74) is 11.1. The molecule has 44 heavy (non-hydrogen) atoms. The van der Waals surface area contributed by atoms with Gasteiger partial charge >= 0.3 is 0 Å². The van der Waals surface area contributed by atoms with E-state index in [1.165, 1.54) is 22.3 Å². The van der Waals surface area contributed by atoms with E-state index >= 15 is 0 Å². The molecule has 7 aromatic rings. The maximum Gasteiger partial charge on any atom is 0.0644 e. The molecule has 5 aromatic carbocycles. The highest BCUT2D eigenvalue weighted by molar-refractivity contribution is 5.80. The molecule has 0 unspecified atom stereocenters.